The summed E-state index contributed by atoms with van der Waals surface area (Å²) in [7, 11) is 1.64. The van der Waals surface area contributed by atoms with Crippen molar-refractivity contribution in [2.45, 2.75) is 25.1 Å². The standard InChI is InChI=1S/C19H18N4O2/c1-25-13-9-7-12(8-10-13)17-21-18-16-14(11-5-6-11)3-2-4-15(16)20-19(24)23(18)22-17/h2-4,7-11,19-20,24H,5-6H2,1H3. The second kappa shape index (κ2) is 5.32. The highest BCUT2D eigenvalue weighted by Gasteiger charge is 2.33. The average molecular weight is 334 g/mol. The van der Waals surface area contributed by atoms with E-state index in [9.17, 15) is 5.11 Å². The first-order valence-electron chi connectivity index (χ1n) is 8.43. The van der Waals surface area contributed by atoms with Crippen molar-refractivity contribution in [3.05, 3.63) is 48.0 Å². The molecule has 1 fully saturated rings. The zero-order valence-electron chi connectivity index (χ0n) is 13.8. The van der Waals surface area contributed by atoms with Gasteiger partial charge in [0.25, 0.3) is 0 Å². The minimum atomic E-state index is -0.920. The van der Waals surface area contributed by atoms with E-state index >= 15 is 0 Å². The van der Waals surface area contributed by atoms with Crippen molar-refractivity contribution in [1.82, 2.24) is 14.8 Å². The summed E-state index contributed by atoms with van der Waals surface area (Å²) in [5, 5.41) is 18.1. The molecule has 6 nitrogen and oxygen atoms in total. The molecular weight excluding hydrogens is 316 g/mol. The predicted molar refractivity (Wildman–Crippen MR) is 94.3 cm³/mol. The van der Waals surface area contributed by atoms with Gasteiger partial charge in [-0.05, 0) is 54.7 Å². The molecule has 0 amide bonds. The minimum absolute atomic E-state index is 0.585. The van der Waals surface area contributed by atoms with E-state index in [4.69, 9.17) is 9.72 Å². The Hall–Kier alpha value is -2.86. The molecule has 0 spiro atoms. The van der Waals surface area contributed by atoms with Gasteiger partial charge in [0, 0.05) is 16.8 Å². The number of rotatable bonds is 3. The normalized spacial score (nSPS) is 18.2. The van der Waals surface area contributed by atoms with Gasteiger partial charge in [-0.15, -0.1) is 5.10 Å². The maximum atomic E-state index is 10.4. The average Bonchev–Trinajstić information content (AvgIpc) is 3.39. The minimum Gasteiger partial charge on any atom is -0.497 e. The zero-order valence-corrected chi connectivity index (χ0v) is 13.8. The summed E-state index contributed by atoms with van der Waals surface area (Å²) >= 11 is 0. The van der Waals surface area contributed by atoms with E-state index in [1.54, 1.807) is 11.8 Å². The second-order valence-corrected chi connectivity index (χ2v) is 6.49. The van der Waals surface area contributed by atoms with Gasteiger partial charge in [-0.2, -0.15) is 4.68 Å². The van der Waals surface area contributed by atoms with Gasteiger partial charge in [0.15, 0.2) is 11.6 Å². The Morgan fingerprint density at radius 2 is 1.96 bits per heavy atom. The van der Waals surface area contributed by atoms with Gasteiger partial charge in [-0.25, -0.2) is 4.98 Å². The van der Waals surface area contributed by atoms with Crippen LogP contribution in [0.5, 0.6) is 5.75 Å². The predicted octanol–water partition coefficient (Wildman–Crippen LogP) is 3.37. The van der Waals surface area contributed by atoms with Crippen LogP contribution in [0.4, 0.5) is 5.69 Å². The van der Waals surface area contributed by atoms with E-state index < -0.39 is 6.35 Å². The zero-order chi connectivity index (χ0) is 17.0. The van der Waals surface area contributed by atoms with Crippen LogP contribution in [-0.2, 0) is 0 Å². The highest BCUT2D eigenvalue weighted by Crippen LogP contribution is 2.48. The largest absolute Gasteiger partial charge is 0.497 e. The molecule has 5 rings (SSSR count). The van der Waals surface area contributed by atoms with Crippen molar-refractivity contribution < 1.29 is 9.84 Å². The fraction of sp³-hybridized carbons (Fsp3) is 0.263. The van der Waals surface area contributed by atoms with Crippen LogP contribution in [0.1, 0.15) is 30.7 Å². The molecule has 1 aliphatic heterocycles. The molecule has 25 heavy (non-hydrogen) atoms. The third-order valence-electron chi connectivity index (χ3n) is 4.83. The van der Waals surface area contributed by atoms with Crippen molar-refractivity contribution in [3.63, 3.8) is 0 Å². The number of aliphatic hydroxyl groups excluding tert-OH is 1. The number of nitrogens with zero attached hydrogens (tertiary/aromatic N) is 3. The maximum Gasteiger partial charge on any atom is 0.227 e. The van der Waals surface area contributed by atoms with E-state index in [1.165, 1.54) is 18.4 Å². The monoisotopic (exact) mass is 334 g/mol. The van der Waals surface area contributed by atoms with E-state index in [0.717, 1.165) is 28.4 Å². The van der Waals surface area contributed by atoms with Crippen LogP contribution in [0.25, 0.3) is 22.8 Å². The van der Waals surface area contributed by atoms with E-state index in [1.807, 2.05) is 36.4 Å². The van der Waals surface area contributed by atoms with E-state index in [-0.39, 0.29) is 0 Å². The Morgan fingerprint density at radius 3 is 2.68 bits per heavy atom. The molecule has 3 aromatic rings. The topological polar surface area (TPSA) is 72.2 Å². The molecule has 1 atom stereocenters. The lowest BCUT2D eigenvalue weighted by Crippen LogP contribution is -2.24. The lowest BCUT2D eigenvalue weighted by Gasteiger charge is -2.25. The first-order valence-corrected chi connectivity index (χ1v) is 8.43. The Labute approximate surface area is 145 Å². The molecule has 2 heterocycles. The molecule has 0 saturated heterocycles. The van der Waals surface area contributed by atoms with Crippen molar-refractivity contribution in [1.29, 1.82) is 0 Å². The summed E-state index contributed by atoms with van der Waals surface area (Å²) in [5.41, 5.74) is 4.15. The van der Waals surface area contributed by atoms with Crippen LogP contribution in [0, 0.1) is 0 Å². The molecule has 1 unspecified atom stereocenters. The third kappa shape index (κ3) is 2.29. The number of methoxy groups -OCH3 is 1. The third-order valence-corrected chi connectivity index (χ3v) is 4.83. The fourth-order valence-electron chi connectivity index (χ4n) is 3.40. The quantitative estimate of drug-likeness (QED) is 0.768. The molecule has 2 aliphatic rings. The first-order chi connectivity index (χ1) is 12.2. The summed E-state index contributed by atoms with van der Waals surface area (Å²) in [6.07, 6.45) is 1.49. The van der Waals surface area contributed by atoms with Gasteiger partial charge in [0.2, 0.25) is 6.35 Å². The number of hydrogen-bond acceptors (Lipinski definition) is 5. The Morgan fingerprint density at radius 1 is 1.16 bits per heavy atom. The summed E-state index contributed by atoms with van der Waals surface area (Å²) in [6, 6.07) is 13.8. The summed E-state index contributed by atoms with van der Waals surface area (Å²) < 4.78 is 6.77. The van der Waals surface area contributed by atoms with Crippen molar-refractivity contribution in [3.8, 4) is 28.5 Å². The number of hydrogen-bond donors (Lipinski definition) is 2. The first kappa shape index (κ1) is 14.5. The van der Waals surface area contributed by atoms with Crippen LogP contribution >= 0.6 is 0 Å². The van der Waals surface area contributed by atoms with Gasteiger partial charge in [0.1, 0.15) is 5.75 Å². The molecule has 2 N–H and O–H groups in total. The van der Waals surface area contributed by atoms with Gasteiger partial charge in [0.05, 0.1) is 7.11 Å². The van der Waals surface area contributed by atoms with Gasteiger partial charge in [-0.3, -0.25) is 0 Å². The molecule has 126 valence electrons. The smallest absolute Gasteiger partial charge is 0.227 e. The number of anilines is 1. The summed E-state index contributed by atoms with van der Waals surface area (Å²) in [5.74, 6) is 2.68. The lowest BCUT2D eigenvalue weighted by molar-refractivity contribution is 0.119. The molecular formula is C19H18N4O2. The van der Waals surface area contributed by atoms with Gasteiger partial charge >= 0.3 is 0 Å². The fourth-order valence-corrected chi connectivity index (χ4v) is 3.40. The Balaban J connectivity index is 1.65. The van der Waals surface area contributed by atoms with Crippen LogP contribution in [-0.4, -0.2) is 27.0 Å². The second-order valence-electron chi connectivity index (χ2n) is 6.49. The summed E-state index contributed by atoms with van der Waals surface area (Å²) in [4.78, 5) is 4.75. The number of aliphatic hydroxyl groups is 1. The molecule has 0 bridgehead atoms. The molecule has 0 radical (unpaired) electrons. The SMILES string of the molecule is COc1ccc(-c2nc3n(n2)C(O)Nc2cccc(C4CC4)c2-3)cc1. The molecule has 2 aromatic carbocycles. The molecule has 1 aliphatic carbocycles. The number of aromatic nitrogens is 3. The highest BCUT2D eigenvalue weighted by molar-refractivity contribution is 5.80. The van der Waals surface area contributed by atoms with E-state index in [0.29, 0.717) is 11.7 Å². The van der Waals surface area contributed by atoms with Gasteiger partial charge in [-0.1, -0.05) is 12.1 Å². The van der Waals surface area contributed by atoms with Crippen LogP contribution in [0.3, 0.4) is 0 Å². The molecule has 1 aromatic heterocycles. The van der Waals surface area contributed by atoms with Crippen LogP contribution in [0.2, 0.25) is 0 Å². The molecule has 6 heteroatoms. The van der Waals surface area contributed by atoms with E-state index in [2.05, 4.69) is 16.5 Å². The van der Waals surface area contributed by atoms with Crippen molar-refractivity contribution in [2.24, 2.45) is 0 Å². The van der Waals surface area contributed by atoms with Crippen molar-refractivity contribution in [2.75, 3.05) is 12.4 Å². The summed E-state index contributed by atoms with van der Waals surface area (Å²) in [6.45, 7) is 0. The number of nitrogens with one attached hydrogen (secondary N) is 1. The highest BCUT2D eigenvalue weighted by atomic mass is 16.5. The number of ether oxygens (including phenoxy) is 1. The van der Waals surface area contributed by atoms with Crippen LogP contribution in [0.15, 0.2) is 42.5 Å². The lowest BCUT2D eigenvalue weighted by atomic mass is 9.99. The van der Waals surface area contributed by atoms with Crippen molar-refractivity contribution >= 4 is 5.69 Å². The molecule has 1 saturated carbocycles. The maximum absolute atomic E-state index is 10.4. The number of benzene rings is 2. The number of fused-ring (bicyclic) bond motifs is 3. The Kier molecular flexibility index (Phi) is 3.08. The van der Waals surface area contributed by atoms with Crippen LogP contribution < -0.4 is 10.1 Å². The Bertz CT molecular complexity index is 945. The van der Waals surface area contributed by atoms with Gasteiger partial charge < -0.3 is 15.2 Å².